The number of morpholine rings is 1. The predicted molar refractivity (Wildman–Crippen MR) is 187 cm³/mol. The second kappa shape index (κ2) is 16.0. The molecule has 1 saturated heterocycles. The van der Waals surface area contributed by atoms with Gasteiger partial charge in [-0.15, -0.1) is 0 Å². The topological polar surface area (TPSA) is 273 Å². The van der Waals surface area contributed by atoms with Crippen LogP contribution >= 0.6 is 0 Å². The first kappa shape index (κ1) is 34.5. The molecular formula is C32H33FN16O4. The van der Waals surface area contributed by atoms with E-state index in [0.717, 1.165) is 18.5 Å². The summed E-state index contributed by atoms with van der Waals surface area (Å²) in [7, 11) is 0. The molecule has 0 bridgehead atoms. The number of halogens is 1. The summed E-state index contributed by atoms with van der Waals surface area (Å²) >= 11 is 0. The van der Waals surface area contributed by atoms with Gasteiger partial charge in [-0.25, -0.2) is 4.39 Å². The number of hydrogen-bond acceptors (Lipinski definition) is 19. The molecule has 0 atom stereocenters. The highest BCUT2D eigenvalue weighted by molar-refractivity contribution is 5.90. The number of ether oxygens (including phenoxy) is 1. The SMILES string of the molecule is Nc1nc(Nc2cccc(F)c2)nc(-c2noc(C(=O)N3CCOCC3)n2)n1.Nc1nc(Nc2ccccc2)nc(-c2noc(NC3CCCC3)n2)n1. The number of nitrogens with one attached hydrogen (secondary N) is 3. The molecule has 272 valence electrons. The summed E-state index contributed by atoms with van der Waals surface area (Å²) in [5.74, 6) is -0.116. The van der Waals surface area contributed by atoms with Crippen LogP contribution in [0.5, 0.6) is 0 Å². The first-order valence-electron chi connectivity index (χ1n) is 16.5. The minimum Gasteiger partial charge on any atom is -0.378 e. The second-order valence-electron chi connectivity index (χ2n) is 11.7. The molecule has 0 unspecified atom stereocenters. The molecule has 1 aliphatic heterocycles. The molecule has 0 radical (unpaired) electrons. The summed E-state index contributed by atoms with van der Waals surface area (Å²) in [6, 6.07) is 16.1. The molecule has 4 aromatic heterocycles. The number of nitrogens with zero attached hydrogens (tertiary/aromatic N) is 11. The number of nitrogens with two attached hydrogens (primary N) is 2. The molecule has 2 aromatic carbocycles. The number of nitrogen functional groups attached to an aromatic ring is 2. The molecule has 7 N–H and O–H groups in total. The lowest BCUT2D eigenvalue weighted by molar-refractivity contribution is 0.0272. The highest BCUT2D eigenvalue weighted by Gasteiger charge is 2.25. The van der Waals surface area contributed by atoms with Gasteiger partial charge in [-0.1, -0.05) is 47.4 Å². The van der Waals surface area contributed by atoms with Gasteiger partial charge in [-0.3, -0.25) is 4.79 Å². The molecule has 20 nitrogen and oxygen atoms in total. The summed E-state index contributed by atoms with van der Waals surface area (Å²) in [5.41, 5.74) is 12.8. The molecule has 0 spiro atoms. The molecule has 2 fully saturated rings. The van der Waals surface area contributed by atoms with E-state index in [0.29, 0.717) is 50.0 Å². The van der Waals surface area contributed by atoms with E-state index in [-0.39, 0.29) is 47.0 Å². The lowest BCUT2D eigenvalue weighted by Gasteiger charge is -2.25. The number of carbonyl (C=O) groups is 1. The van der Waals surface area contributed by atoms with Gasteiger partial charge in [0.1, 0.15) is 5.82 Å². The van der Waals surface area contributed by atoms with Crippen molar-refractivity contribution in [3.05, 3.63) is 66.3 Å². The van der Waals surface area contributed by atoms with Gasteiger partial charge in [0.05, 0.1) is 13.2 Å². The van der Waals surface area contributed by atoms with Crippen molar-refractivity contribution in [2.45, 2.75) is 31.7 Å². The lowest BCUT2D eigenvalue weighted by atomic mass is 10.3. The number of rotatable bonds is 9. The van der Waals surface area contributed by atoms with Crippen molar-refractivity contribution < 1.29 is 23.0 Å². The van der Waals surface area contributed by atoms with Gasteiger partial charge in [-0.2, -0.15) is 39.9 Å². The maximum absolute atomic E-state index is 13.3. The molecule has 8 rings (SSSR count). The van der Waals surface area contributed by atoms with Crippen LogP contribution in [-0.4, -0.2) is 93.3 Å². The van der Waals surface area contributed by atoms with Crippen LogP contribution in [0.1, 0.15) is 36.4 Å². The molecular weight excluding hydrogens is 691 g/mol. The van der Waals surface area contributed by atoms with E-state index in [9.17, 15) is 9.18 Å². The summed E-state index contributed by atoms with van der Waals surface area (Å²) in [6.45, 7) is 1.78. The Labute approximate surface area is 300 Å². The zero-order chi connectivity index (χ0) is 36.6. The van der Waals surface area contributed by atoms with Crippen molar-refractivity contribution in [2.75, 3.05) is 53.7 Å². The molecule has 5 heterocycles. The van der Waals surface area contributed by atoms with Gasteiger partial charge in [0.2, 0.25) is 47.1 Å². The van der Waals surface area contributed by atoms with Gasteiger partial charge in [0.25, 0.3) is 0 Å². The summed E-state index contributed by atoms with van der Waals surface area (Å²) in [5, 5.41) is 16.8. The van der Waals surface area contributed by atoms with Gasteiger partial charge in [-0.05, 0) is 43.2 Å². The third-order valence-electron chi connectivity index (χ3n) is 7.83. The highest BCUT2D eigenvalue weighted by Crippen LogP contribution is 2.24. The molecule has 53 heavy (non-hydrogen) atoms. The van der Waals surface area contributed by atoms with E-state index in [2.05, 4.69) is 66.1 Å². The van der Waals surface area contributed by atoms with E-state index in [1.165, 1.54) is 31.0 Å². The van der Waals surface area contributed by atoms with Crippen molar-refractivity contribution >= 4 is 47.1 Å². The number of aromatic nitrogens is 10. The number of carbonyl (C=O) groups excluding carboxylic acids is 1. The fourth-order valence-electron chi connectivity index (χ4n) is 5.36. The van der Waals surface area contributed by atoms with Crippen molar-refractivity contribution in [2.24, 2.45) is 0 Å². The Morgan fingerprint density at radius 2 is 1.34 bits per heavy atom. The van der Waals surface area contributed by atoms with Gasteiger partial charge in [0.15, 0.2) is 0 Å². The quantitative estimate of drug-likeness (QED) is 0.143. The molecule has 1 aliphatic carbocycles. The Balaban J connectivity index is 0.000000165. The molecule has 6 aromatic rings. The summed E-state index contributed by atoms with van der Waals surface area (Å²) < 4.78 is 28.8. The number of benzene rings is 2. The van der Waals surface area contributed by atoms with Crippen molar-refractivity contribution in [3.63, 3.8) is 0 Å². The third-order valence-corrected chi connectivity index (χ3v) is 7.83. The fraction of sp³-hybridized carbons (Fsp3) is 0.281. The molecule has 1 amide bonds. The first-order chi connectivity index (χ1) is 25.8. The van der Waals surface area contributed by atoms with Crippen LogP contribution in [0, 0.1) is 5.82 Å². The van der Waals surface area contributed by atoms with Crippen LogP contribution in [0.15, 0.2) is 63.6 Å². The maximum atomic E-state index is 13.3. The van der Waals surface area contributed by atoms with Crippen molar-refractivity contribution in [3.8, 4) is 23.3 Å². The Kier molecular flexibility index (Phi) is 10.4. The average Bonchev–Trinajstić information content (AvgIpc) is 3.96. The van der Waals surface area contributed by atoms with E-state index in [1.807, 2.05) is 30.3 Å². The predicted octanol–water partition coefficient (Wildman–Crippen LogP) is 3.46. The van der Waals surface area contributed by atoms with Crippen LogP contribution in [0.2, 0.25) is 0 Å². The smallest absolute Gasteiger partial charge is 0.322 e. The Morgan fingerprint density at radius 3 is 2.02 bits per heavy atom. The number of hydrogen-bond donors (Lipinski definition) is 5. The zero-order valence-corrected chi connectivity index (χ0v) is 28.0. The largest absolute Gasteiger partial charge is 0.378 e. The second-order valence-corrected chi connectivity index (χ2v) is 11.7. The monoisotopic (exact) mass is 724 g/mol. The van der Waals surface area contributed by atoms with Crippen LogP contribution in [0.3, 0.4) is 0 Å². The van der Waals surface area contributed by atoms with E-state index < -0.39 is 11.7 Å². The van der Waals surface area contributed by atoms with Crippen LogP contribution in [0.4, 0.5) is 45.6 Å². The summed E-state index contributed by atoms with van der Waals surface area (Å²) in [4.78, 5) is 46.9. The molecule has 1 saturated carbocycles. The van der Waals surface area contributed by atoms with Crippen LogP contribution < -0.4 is 27.4 Å². The minimum atomic E-state index is -0.420. The van der Waals surface area contributed by atoms with E-state index >= 15 is 0 Å². The maximum Gasteiger partial charge on any atom is 0.322 e. The lowest BCUT2D eigenvalue weighted by Crippen LogP contribution is -2.40. The Morgan fingerprint density at radius 1 is 0.717 bits per heavy atom. The normalized spacial score (nSPS) is 14.3. The first-order valence-corrected chi connectivity index (χ1v) is 16.5. The molecule has 21 heteroatoms. The minimum absolute atomic E-state index is 0.0104. The van der Waals surface area contributed by atoms with Gasteiger partial charge < -0.3 is 46.1 Å². The molecule has 2 aliphatic rings. The van der Waals surface area contributed by atoms with Crippen LogP contribution in [-0.2, 0) is 4.74 Å². The van der Waals surface area contributed by atoms with E-state index in [1.54, 1.807) is 11.0 Å². The standard InChI is InChI=1S/C16H15FN8O3.C16H18N8O/c17-9-2-1-3-10(8-9)19-16-22-11(21-15(18)23-16)12-20-13(28-24-12)14(26)25-4-6-27-7-5-25;17-14-20-12(21-15(23-14)18-10-6-2-1-3-7-10)13-22-16(25-24-13)19-11-8-4-5-9-11/h1-3,8H,4-7H2,(H3,18,19,21,22,23);1-3,6-7,11H,4-5,8-9H2,(H,19,22,24)(H3,17,18,20,21,23). The zero-order valence-electron chi connectivity index (χ0n) is 28.0. The summed E-state index contributed by atoms with van der Waals surface area (Å²) in [6.07, 6.45) is 4.66. The number of amides is 1. The number of anilines is 7. The van der Waals surface area contributed by atoms with E-state index in [4.69, 9.17) is 25.3 Å². The van der Waals surface area contributed by atoms with Crippen molar-refractivity contribution in [1.29, 1.82) is 0 Å². The Hall–Kier alpha value is -6.90. The van der Waals surface area contributed by atoms with Crippen LogP contribution in [0.25, 0.3) is 23.3 Å². The van der Waals surface area contributed by atoms with Crippen molar-refractivity contribution in [1.82, 2.24) is 55.1 Å². The Bertz CT molecular complexity index is 2150. The van der Waals surface area contributed by atoms with Gasteiger partial charge in [0, 0.05) is 30.5 Å². The fourth-order valence-corrected chi connectivity index (χ4v) is 5.36. The number of para-hydroxylation sites is 1. The third kappa shape index (κ3) is 9.07. The highest BCUT2D eigenvalue weighted by atomic mass is 19.1. The average molecular weight is 725 g/mol. The van der Waals surface area contributed by atoms with Gasteiger partial charge >= 0.3 is 17.8 Å².